The maximum atomic E-state index is 9.49. The van der Waals surface area contributed by atoms with Crippen LogP contribution in [0.15, 0.2) is 18.2 Å². The van der Waals surface area contributed by atoms with Gasteiger partial charge in [-0.15, -0.1) is 0 Å². The van der Waals surface area contributed by atoms with Crippen molar-refractivity contribution in [3.63, 3.8) is 0 Å². The number of aromatic hydroxyl groups is 1. The third-order valence-electron chi connectivity index (χ3n) is 1.90. The van der Waals surface area contributed by atoms with E-state index in [2.05, 4.69) is 0 Å². The summed E-state index contributed by atoms with van der Waals surface area (Å²) in [4.78, 5) is 0. The Morgan fingerprint density at radius 3 is 2.62 bits per heavy atom. The summed E-state index contributed by atoms with van der Waals surface area (Å²) in [7, 11) is 0. The predicted molar refractivity (Wildman–Crippen MR) is 51.7 cm³/mol. The molecule has 1 aromatic carbocycles. The summed E-state index contributed by atoms with van der Waals surface area (Å²) in [5.74, 6) is -0.0578. The molecule has 1 rings (SSSR count). The zero-order valence-corrected chi connectivity index (χ0v) is 7.99. The molecule has 0 aliphatic carbocycles. The Bertz CT molecular complexity index is 302. The molecular formula is C9H12ClNO2. The number of nitrogens with two attached hydrogens (primary N) is 1. The average molecular weight is 202 g/mol. The van der Waals surface area contributed by atoms with Gasteiger partial charge in [-0.3, -0.25) is 0 Å². The standard InChI is InChI=1S/C9H12ClNO2/c1-5(12)8(11)6-3-2-4-7(10)9(6)13/h2-5,8,12-13H,11H2,1H3/t5-,8-/m0/s1. The average Bonchev–Trinajstić information content (AvgIpc) is 2.08. The Hall–Kier alpha value is -0.770. The second-order valence-electron chi connectivity index (χ2n) is 2.94. The van der Waals surface area contributed by atoms with Crippen molar-refractivity contribution in [1.82, 2.24) is 0 Å². The van der Waals surface area contributed by atoms with Crippen LogP contribution in [0.4, 0.5) is 0 Å². The van der Waals surface area contributed by atoms with E-state index < -0.39 is 12.1 Å². The van der Waals surface area contributed by atoms with E-state index in [-0.39, 0.29) is 10.8 Å². The first kappa shape index (κ1) is 10.3. The summed E-state index contributed by atoms with van der Waals surface area (Å²) in [5.41, 5.74) is 6.10. The van der Waals surface area contributed by atoms with Gasteiger partial charge in [0.25, 0.3) is 0 Å². The van der Waals surface area contributed by atoms with Crippen LogP contribution in [0.25, 0.3) is 0 Å². The summed E-state index contributed by atoms with van der Waals surface area (Å²) in [6.07, 6.45) is -0.718. The molecule has 0 heterocycles. The van der Waals surface area contributed by atoms with Crippen LogP contribution in [0, 0.1) is 0 Å². The van der Waals surface area contributed by atoms with Crippen molar-refractivity contribution in [2.45, 2.75) is 19.1 Å². The lowest BCUT2D eigenvalue weighted by Gasteiger charge is -2.16. The molecule has 0 saturated carbocycles. The fraction of sp³-hybridized carbons (Fsp3) is 0.333. The normalized spacial score (nSPS) is 15.4. The van der Waals surface area contributed by atoms with Crippen LogP contribution in [-0.4, -0.2) is 16.3 Å². The zero-order chi connectivity index (χ0) is 10.0. The van der Waals surface area contributed by atoms with Crippen LogP contribution in [0.5, 0.6) is 5.75 Å². The van der Waals surface area contributed by atoms with Crippen molar-refractivity contribution in [2.75, 3.05) is 0 Å². The third kappa shape index (κ3) is 2.12. The summed E-state index contributed by atoms with van der Waals surface area (Å²) in [5, 5.41) is 18.9. The molecule has 0 saturated heterocycles. The molecule has 0 radical (unpaired) electrons. The van der Waals surface area contributed by atoms with Gasteiger partial charge in [-0.1, -0.05) is 23.7 Å². The zero-order valence-electron chi connectivity index (χ0n) is 7.24. The number of benzene rings is 1. The van der Waals surface area contributed by atoms with Crippen LogP contribution in [0.2, 0.25) is 5.02 Å². The number of phenols is 1. The summed E-state index contributed by atoms with van der Waals surface area (Å²) >= 11 is 5.68. The molecule has 1 aromatic rings. The first-order valence-corrected chi connectivity index (χ1v) is 4.33. The summed E-state index contributed by atoms with van der Waals surface area (Å²) in [6.45, 7) is 1.56. The van der Waals surface area contributed by atoms with E-state index in [0.29, 0.717) is 5.56 Å². The van der Waals surface area contributed by atoms with Crippen molar-refractivity contribution >= 4 is 11.6 Å². The molecule has 0 spiro atoms. The maximum Gasteiger partial charge on any atom is 0.139 e. The van der Waals surface area contributed by atoms with Gasteiger partial charge < -0.3 is 15.9 Å². The highest BCUT2D eigenvalue weighted by molar-refractivity contribution is 6.32. The molecule has 4 N–H and O–H groups in total. The van der Waals surface area contributed by atoms with Crippen molar-refractivity contribution in [2.24, 2.45) is 5.73 Å². The first-order valence-electron chi connectivity index (χ1n) is 3.95. The van der Waals surface area contributed by atoms with Gasteiger partial charge >= 0.3 is 0 Å². The lowest BCUT2D eigenvalue weighted by Crippen LogP contribution is -2.23. The minimum atomic E-state index is -0.718. The number of aliphatic hydroxyl groups excluding tert-OH is 1. The van der Waals surface area contributed by atoms with Crippen LogP contribution < -0.4 is 5.73 Å². The number of hydrogen-bond acceptors (Lipinski definition) is 3. The largest absolute Gasteiger partial charge is 0.506 e. The Kier molecular flexibility index (Phi) is 3.14. The highest BCUT2D eigenvalue weighted by Crippen LogP contribution is 2.31. The molecule has 4 heteroatoms. The van der Waals surface area contributed by atoms with Crippen LogP contribution in [-0.2, 0) is 0 Å². The van der Waals surface area contributed by atoms with Crippen molar-refractivity contribution in [1.29, 1.82) is 0 Å². The molecule has 0 amide bonds. The first-order chi connectivity index (χ1) is 6.04. The van der Waals surface area contributed by atoms with Gasteiger partial charge in [0.15, 0.2) is 0 Å². The van der Waals surface area contributed by atoms with E-state index in [1.165, 1.54) is 0 Å². The number of halogens is 1. The van der Waals surface area contributed by atoms with E-state index in [4.69, 9.17) is 17.3 Å². The van der Waals surface area contributed by atoms with Gasteiger partial charge in [0.1, 0.15) is 5.75 Å². The predicted octanol–water partition coefficient (Wildman–Crippen LogP) is 1.43. The van der Waals surface area contributed by atoms with Crippen LogP contribution in [0.1, 0.15) is 18.5 Å². The molecule has 0 unspecified atom stereocenters. The number of aliphatic hydroxyl groups is 1. The number of rotatable bonds is 2. The Balaban J connectivity index is 3.07. The molecule has 0 fully saturated rings. The van der Waals surface area contributed by atoms with E-state index in [9.17, 15) is 10.2 Å². The monoisotopic (exact) mass is 201 g/mol. The Labute approximate surface area is 81.8 Å². The molecule has 0 bridgehead atoms. The molecule has 13 heavy (non-hydrogen) atoms. The second-order valence-corrected chi connectivity index (χ2v) is 3.35. The SMILES string of the molecule is C[C@H](O)[C@H](N)c1cccc(Cl)c1O. The molecular weight excluding hydrogens is 190 g/mol. The number of para-hydroxylation sites is 1. The summed E-state index contributed by atoms with van der Waals surface area (Å²) < 4.78 is 0. The molecule has 3 nitrogen and oxygen atoms in total. The fourth-order valence-corrected chi connectivity index (χ4v) is 1.24. The number of hydrogen-bond donors (Lipinski definition) is 3. The molecule has 72 valence electrons. The van der Waals surface area contributed by atoms with Crippen molar-refractivity contribution in [3.05, 3.63) is 28.8 Å². The van der Waals surface area contributed by atoms with Gasteiger partial charge in [-0.05, 0) is 13.0 Å². The van der Waals surface area contributed by atoms with Gasteiger partial charge in [-0.25, -0.2) is 0 Å². The highest BCUT2D eigenvalue weighted by Gasteiger charge is 2.16. The van der Waals surface area contributed by atoms with E-state index >= 15 is 0 Å². The van der Waals surface area contributed by atoms with Gasteiger partial charge in [0, 0.05) is 5.56 Å². The fourth-order valence-electron chi connectivity index (χ4n) is 1.06. The lowest BCUT2D eigenvalue weighted by atomic mass is 10.0. The Morgan fingerprint density at radius 2 is 2.08 bits per heavy atom. The second kappa shape index (κ2) is 3.96. The van der Waals surface area contributed by atoms with Gasteiger partial charge in [0.2, 0.25) is 0 Å². The highest BCUT2D eigenvalue weighted by atomic mass is 35.5. The van der Waals surface area contributed by atoms with Gasteiger partial charge in [-0.2, -0.15) is 0 Å². The van der Waals surface area contributed by atoms with Crippen LogP contribution >= 0.6 is 11.6 Å². The van der Waals surface area contributed by atoms with E-state index in [1.807, 2.05) is 0 Å². The third-order valence-corrected chi connectivity index (χ3v) is 2.20. The topological polar surface area (TPSA) is 66.5 Å². The smallest absolute Gasteiger partial charge is 0.139 e. The molecule has 0 aliphatic heterocycles. The summed E-state index contributed by atoms with van der Waals surface area (Å²) in [6, 6.07) is 4.27. The lowest BCUT2D eigenvalue weighted by molar-refractivity contribution is 0.163. The minimum absolute atomic E-state index is 0.0578. The van der Waals surface area contributed by atoms with E-state index in [0.717, 1.165) is 0 Å². The molecule has 0 aliphatic rings. The quantitative estimate of drug-likeness (QED) is 0.678. The van der Waals surface area contributed by atoms with Crippen molar-refractivity contribution < 1.29 is 10.2 Å². The minimum Gasteiger partial charge on any atom is -0.506 e. The molecule has 0 aromatic heterocycles. The van der Waals surface area contributed by atoms with E-state index in [1.54, 1.807) is 25.1 Å². The van der Waals surface area contributed by atoms with Crippen LogP contribution in [0.3, 0.4) is 0 Å². The molecule has 2 atom stereocenters. The maximum absolute atomic E-state index is 9.49. The Morgan fingerprint density at radius 1 is 1.46 bits per heavy atom. The number of phenolic OH excluding ortho intramolecular Hbond substituents is 1. The van der Waals surface area contributed by atoms with Gasteiger partial charge in [0.05, 0.1) is 17.2 Å². The van der Waals surface area contributed by atoms with Crippen molar-refractivity contribution in [3.8, 4) is 5.75 Å².